The molecule has 1 unspecified atom stereocenters. The Kier molecular flexibility index (Phi) is 3.82. The molecule has 1 heterocycles. The quantitative estimate of drug-likeness (QED) is 0.741. The van der Waals surface area contributed by atoms with Gasteiger partial charge in [-0.1, -0.05) is 19.3 Å². The maximum atomic E-state index is 3.76. The molecule has 0 aromatic rings. The summed E-state index contributed by atoms with van der Waals surface area (Å²) < 4.78 is 0. The lowest BCUT2D eigenvalue weighted by molar-refractivity contribution is 0.338. The first kappa shape index (κ1) is 10.4. The van der Waals surface area contributed by atoms with Crippen molar-refractivity contribution < 1.29 is 0 Å². The fourth-order valence-corrected chi connectivity index (χ4v) is 2.83. The van der Waals surface area contributed by atoms with Crippen molar-refractivity contribution in [2.24, 2.45) is 5.92 Å². The zero-order chi connectivity index (χ0) is 9.80. The smallest absolute Gasteiger partial charge is 0.00671 e. The number of likely N-dealkylation sites (tertiary alicyclic amines) is 1. The molecule has 82 valence electrons. The van der Waals surface area contributed by atoms with Crippen molar-refractivity contribution in [3.8, 4) is 0 Å². The fourth-order valence-electron chi connectivity index (χ4n) is 2.83. The summed E-state index contributed by atoms with van der Waals surface area (Å²) in [5.74, 6) is 0.918. The van der Waals surface area contributed by atoms with Crippen molar-refractivity contribution in [1.82, 2.24) is 10.2 Å². The van der Waals surface area contributed by atoms with Gasteiger partial charge in [0.05, 0.1) is 0 Å². The van der Waals surface area contributed by atoms with E-state index < -0.39 is 0 Å². The number of hydrogen-bond acceptors (Lipinski definition) is 2. The Morgan fingerprint density at radius 1 is 1.14 bits per heavy atom. The van der Waals surface area contributed by atoms with Gasteiger partial charge in [-0.2, -0.15) is 0 Å². The van der Waals surface area contributed by atoms with Crippen molar-refractivity contribution >= 4 is 0 Å². The minimum absolute atomic E-state index is 0.842. The predicted molar refractivity (Wildman–Crippen MR) is 60.5 cm³/mol. The molecular weight excluding hydrogens is 172 g/mol. The van der Waals surface area contributed by atoms with Gasteiger partial charge < -0.3 is 10.2 Å². The first-order valence-corrected chi connectivity index (χ1v) is 6.26. The van der Waals surface area contributed by atoms with E-state index in [1.165, 1.54) is 58.2 Å². The number of nitrogens with one attached hydrogen (secondary N) is 1. The molecule has 0 amide bonds. The van der Waals surface area contributed by atoms with Gasteiger partial charge in [-0.3, -0.25) is 0 Å². The normalized spacial score (nSPS) is 31.1. The summed E-state index contributed by atoms with van der Waals surface area (Å²) in [5, 5.41) is 3.76. The van der Waals surface area contributed by atoms with Crippen LogP contribution in [0.4, 0.5) is 0 Å². The van der Waals surface area contributed by atoms with Crippen LogP contribution in [-0.2, 0) is 0 Å². The lowest BCUT2D eigenvalue weighted by atomic mass is 9.95. The third-order valence-corrected chi connectivity index (χ3v) is 3.79. The topological polar surface area (TPSA) is 15.3 Å². The van der Waals surface area contributed by atoms with Crippen molar-refractivity contribution in [1.29, 1.82) is 0 Å². The van der Waals surface area contributed by atoms with Gasteiger partial charge in [-0.25, -0.2) is 0 Å². The third kappa shape index (κ3) is 2.96. The fraction of sp³-hybridized carbons (Fsp3) is 1.00. The second-order valence-electron chi connectivity index (χ2n) is 5.16. The monoisotopic (exact) mass is 196 g/mol. The van der Waals surface area contributed by atoms with Gasteiger partial charge in [0, 0.05) is 12.6 Å². The summed E-state index contributed by atoms with van der Waals surface area (Å²) in [6, 6.07) is 0.842. The SMILES string of the molecule is CN1CCC(CNC2CCCCC2)C1. The Morgan fingerprint density at radius 2 is 1.93 bits per heavy atom. The molecule has 0 spiro atoms. The van der Waals surface area contributed by atoms with Crippen LogP contribution in [-0.4, -0.2) is 37.6 Å². The summed E-state index contributed by atoms with van der Waals surface area (Å²) >= 11 is 0. The first-order valence-electron chi connectivity index (χ1n) is 6.26. The number of nitrogens with zero attached hydrogens (tertiary/aromatic N) is 1. The summed E-state index contributed by atoms with van der Waals surface area (Å²) in [6.07, 6.45) is 8.59. The molecule has 0 aromatic heterocycles. The van der Waals surface area contributed by atoms with Crippen LogP contribution in [0.3, 0.4) is 0 Å². The predicted octanol–water partition coefficient (Wildman–Crippen LogP) is 1.86. The van der Waals surface area contributed by atoms with Crippen molar-refractivity contribution in [2.45, 2.75) is 44.6 Å². The van der Waals surface area contributed by atoms with Crippen LogP contribution in [0.25, 0.3) is 0 Å². The van der Waals surface area contributed by atoms with E-state index in [4.69, 9.17) is 0 Å². The molecule has 1 saturated heterocycles. The third-order valence-electron chi connectivity index (χ3n) is 3.79. The lowest BCUT2D eigenvalue weighted by Gasteiger charge is -2.24. The lowest BCUT2D eigenvalue weighted by Crippen LogP contribution is -2.35. The zero-order valence-corrected chi connectivity index (χ0v) is 9.47. The molecule has 1 N–H and O–H groups in total. The minimum atomic E-state index is 0.842. The summed E-state index contributed by atoms with van der Waals surface area (Å²) in [7, 11) is 2.24. The summed E-state index contributed by atoms with van der Waals surface area (Å²) in [4.78, 5) is 2.45. The largest absolute Gasteiger partial charge is 0.314 e. The molecule has 0 radical (unpaired) electrons. The van der Waals surface area contributed by atoms with Gasteiger partial charge >= 0.3 is 0 Å². The molecule has 1 saturated carbocycles. The molecule has 2 heteroatoms. The number of hydrogen-bond donors (Lipinski definition) is 1. The van der Waals surface area contributed by atoms with E-state index in [-0.39, 0.29) is 0 Å². The second kappa shape index (κ2) is 5.13. The van der Waals surface area contributed by atoms with Gasteiger partial charge in [0.25, 0.3) is 0 Å². The highest BCUT2D eigenvalue weighted by Crippen LogP contribution is 2.19. The summed E-state index contributed by atoms with van der Waals surface area (Å²) in [5.41, 5.74) is 0. The van der Waals surface area contributed by atoms with Crippen LogP contribution >= 0.6 is 0 Å². The van der Waals surface area contributed by atoms with Gasteiger partial charge in [0.2, 0.25) is 0 Å². The zero-order valence-electron chi connectivity index (χ0n) is 9.47. The maximum absolute atomic E-state index is 3.76. The Hall–Kier alpha value is -0.0800. The summed E-state index contributed by atoms with van der Waals surface area (Å²) in [6.45, 7) is 3.87. The van der Waals surface area contributed by atoms with E-state index in [0.29, 0.717) is 0 Å². The van der Waals surface area contributed by atoms with E-state index in [1.807, 2.05) is 0 Å². The molecule has 2 nitrogen and oxygen atoms in total. The minimum Gasteiger partial charge on any atom is -0.314 e. The average Bonchev–Trinajstić information content (AvgIpc) is 2.63. The molecule has 0 aromatic carbocycles. The van der Waals surface area contributed by atoms with Crippen LogP contribution in [0.2, 0.25) is 0 Å². The molecule has 1 aliphatic carbocycles. The van der Waals surface area contributed by atoms with Gasteiger partial charge in [-0.05, 0) is 45.3 Å². The molecule has 14 heavy (non-hydrogen) atoms. The standard InChI is InChI=1S/C12H24N2/c1-14-8-7-11(10-14)9-13-12-5-3-2-4-6-12/h11-13H,2-10H2,1H3. The molecule has 2 rings (SSSR count). The van der Waals surface area contributed by atoms with Crippen LogP contribution in [0.5, 0.6) is 0 Å². The van der Waals surface area contributed by atoms with E-state index >= 15 is 0 Å². The molecular formula is C12H24N2. The van der Waals surface area contributed by atoms with Gasteiger partial charge in [0.1, 0.15) is 0 Å². The average molecular weight is 196 g/mol. The van der Waals surface area contributed by atoms with Gasteiger partial charge in [-0.15, -0.1) is 0 Å². The number of rotatable bonds is 3. The van der Waals surface area contributed by atoms with E-state index in [2.05, 4.69) is 17.3 Å². The van der Waals surface area contributed by atoms with Gasteiger partial charge in [0.15, 0.2) is 0 Å². The Bertz CT molecular complexity index is 159. The van der Waals surface area contributed by atoms with Crippen LogP contribution in [0, 0.1) is 5.92 Å². The second-order valence-corrected chi connectivity index (χ2v) is 5.16. The Morgan fingerprint density at radius 3 is 2.57 bits per heavy atom. The molecule has 2 fully saturated rings. The highest BCUT2D eigenvalue weighted by Gasteiger charge is 2.20. The highest BCUT2D eigenvalue weighted by molar-refractivity contribution is 4.78. The van der Waals surface area contributed by atoms with E-state index in [0.717, 1.165) is 12.0 Å². The molecule has 1 aliphatic heterocycles. The molecule has 1 atom stereocenters. The Labute approximate surface area is 88.1 Å². The first-order chi connectivity index (χ1) is 6.84. The van der Waals surface area contributed by atoms with Crippen molar-refractivity contribution in [2.75, 3.05) is 26.7 Å². The van der Waals surface area contributed by atoms with Crippen LogP contribution in [0.15, 0.2) is 0 Å². The van der Waals surface area contributed by atoms with Crippen LogP contribution in [0.1, 0.15) is 38.5 Å². The molecule has 2 aliphatic rings. The maximum Gasteiger partial charge on any atom is 0.00671 e. The van der Waals surface area contributed by atoms with Crippen LogP contribution < -0.4 is 5.32 Å². The van der Waals surface area contributed by atoms with E-state index in [1.54, 1.807) is 0 Å². The van der Waals surface area contributed by atoms with Crippen molar-refractivity contribution in [3.63, 3.8) is 0 Å². The Balaban J connectivity index is 1.61. The highest BCUT2D eigenvalue weighted by atomic mass is 15.1. The van der Waals surface area contributed by atoms with E-state index in [9.17, 15) is 0 Å². The van der Waals surface area contributed by atoms with Crippen molar-refractivity contribution in [3.05, 3.63) is 0 Å². The molecule has 0 bridgehead atoms.